The van der Waals surface area contributed by atoms with E-state index in [9.17, 15) is 19.2 Å². The minimum atomic E-state index is -1.04. The van der Waals surface area contributed by atoms with Gasteiger partial charge in [0.05, 0.1) is 11.3 Å². The molecule has 1 aliphatic rings. The highest BCUT2D eigenvalue weighted by atomic mass is 32.1. The number of nitrogens with one attached hydrogen (secondary N) is 2. The largest absolute Gasteiger partial charge is 0.451 e. The Morgan fingerprint density at radius 3 is 2.33 bits per heavy atom. The summed E-state index contributed by atoms with van der Waals surface area (Å²) in [5.41, 5.74) is 3.18. The molecule has 7 nitrogen and oxygen atoms in total. The van der Waals surface area contributed by atoms with Crippen molar-refractivity contribution in [1.29, 1.82) is 0 Å². The first kappa shape index (κ1) is 22.0. The van der Waals surface area contributed by atoms with Crippen LogP contribution in [0.4, 0.5) is 5.00 Å². The highest BCUT2D eigenvalue weighted by Gasteiger charge is 2.31. The van der Waals surface area contributed by atoms with Crippen LogP contribution in [0.1, 0.15) is 86.5 Å². The second-order valence-electron chi connectivity index (χ2n) is 7.69. The summed E-state index contributed by atoms with van der Waals surface area (Å²) in [5, 5.41) is 3.20. The number of aryl methyl sites for hydroxylation is 2. The fourth-order valence-corrected chi connectivity index (χ4v) is 5.35. The summed E-state index contributed by atoms with van der Waals surface area (Å²) < 4.78 is 5.53. The van der Waals surface area contributed by atoms with Crippen molar-refractivity contribution in [2.45, 2.75) is 66.4 Å². The first-order chi connectivity index (χ1) is 14.1. The van der Waals surface area contributed by atoms with Crippen molar-refractivity contribution in [3.63, 3.8) is 0 Å². The van der Waals surface area contributed by atoms with Gasteiger partial charge in [-0.25, -0.2) is 4.79 Å². The number of H-pyrrole nitrogens is 1. The number of fused-ring (bicyclic) bond motifs is 1. The van der Waals surface area contributed by atoms with Crippen molar-refractivity contribution in [3.8, 4) is 0 Å². The molecule has 0 spiro atoms. The summed E-state index contributed by atoms with van der Waals surface area (Å²) in [4.78, 5) is 53.4. The molecule has 1 unspecified atom stereocenters. The van der Waals surface area contributed by atoms with Gasteiger partial charge in [0.1, 0.15) is 5.00 Å². The molecule has 2 aromatic rings. The maximum Gasteiger partial charge on any atom is 0.342 e. The molecule has 1 aliphatic carbocycles. The lowest BCUT2D eigenvalue weighted by Crippen LogP contribution is -2.26. The van der Waals surface area contributed by atoms with E-state index >= 15 is 0 Å². The van der Waals surface area contributed by atoms with Gasteiger partial charge in [-0.15, -0.1) is 11.3 Å². The van der Waals surface area contributed by atoms with E-state index in [0.29, 0.717) is 27.4 Å². The normalized spacial score (nSPS) is 14.0. The maximum atomic E-state index is 13.0. The number of thiophene rings is 1. The number of esters is 1. The predicted octanol–water partition coefficient (Wildman–Crippen LogP) is 4.16. The molecule has 0 saturated carbocycles. The Labute approximate surface area is 179 Å². The van der Waals surface area contributed by atoms with E-state index in [4.69, 9.17) is 4.74 Å². The molecule has 8 heteroatoms. The van der Waals surface area contributed by atoms with Crippen LogP contribution in [0.5, 0.6) is 0 Å². The SMILES string of the molecule is CC(=O)Nc1sc2c(c1C(=O)OC(C)C(=O)c1[nH]c(C)c(C(C)=O)c1C)CCCC2. The van der Waals surface area contributed by atoms with Crippen LogP contribution in [0.15, 0.2) is 0 Å². The van der Waals surface area contributed by atoms with Gasteiger partial charge in [0, 0.05) is 23.1 Å². The summed E-state index contributed by atoms with van der Waals surface area (Å²) in [5.74, 6) is -1.41. The van der Waals surface area contributed by atoms with Crippen LogP contribution in [-0.2, 0) is 22.4 Å². The predicted molar refractivity (Wildman–Crippen MR) is 115 cm³/mol. The van der Waals surface area contributed by atoms with Crippen molar-refractivity contribution in [2.75, 3.05) is 5.32 Å². The third-order valence-electron chi connectivity index (χ3n) is 5.35. The second kappa shape index (κ2) is 8.55. The lowest BCUT2D eigenvalue weighted by molar-refractivity contribution is -0.114. The number of amides is 1. The van der Waals surface area contributed by atoms with Gasteiger partial charge in [0.2, 0.25) is 11.7 Å². The monoisotopic (exact) mass is 430 g/mol. The van der Waals surface area contributed by atoms with E-state index in [1.807, 2.05) is 0 Å². The van der Waals surface area contributed by atoms with Crippen LogP contribution in [0.2, 0.25) is 0 Å². The van der Waals surface area contributed by atoms with Crippen LogP contribution in [0.25, 0.3) is 0 Å². The second-order valence-corrected chi connectivity index (χ2v) is 8.79. The van der Waals surface area contributed by atoms with Crippen molar-refractivity contribution in [3.05, 3.63) is 38.5 Å². The fraction of sp³-hybridized carbons (Fsp3) is 0.455. The number of carbonyl (C=O) groups excluding carboxylic acids is 4. The standard InChI is InChI=1S/C22H26N2O5S/c1-10-17(12(3)25)11(2)23-19(10)20(27)13(4)29-22(28)18-15-8-6-7-9-16(15)30-21(18)24-14(5)26/h13,23H,6-9H2,1-5H3,(H,24,26). The van der Waals surface area contributed by atoms with Crippen LogP contribution >= 0.6 is 11.3 Å². The molecule has 0 aromatic carbocycles. The minimum absolute atomic E-state index is 0.130. The van der Waals surface area contributed by atoms with Crippen molar-refractivity contribution >= 4 is 39.8 Å². The number of hydrogen-bond donors (Lipinski definition) is 2. The molecular formula is C22H26N2O5S. The molecule has 0 fully saturated rings. The Morgan fingerprint density at radius 2 is 1.73 bits per heavy atom. The number of carbonyl (C=O) groups is 4. The quantitative estimate of drug-likeness (QED) is 0.529. The minimum Gasteiger partial charge on any atom is -0.451 e. The van der Waals surface area contributed by atoms with Gasteiger partial charge in [-0.3, -0.25) is 14.4 Å². The van der Waals surface area contributed by atoms with Gasteiger partial charge in [0.25, 0.3) is 0 Å². The summed E-state index contributed by atoms with van der Waals surface area (Å²) in [6, 6.07) is 0. The van der Waals surface area contributed by atoms with Crippen LogP contribution in [0.3, 0.4) is 0 Å². The molecule has 2 N–H and O–H groups in total. The number of rotatable bonds is 6. The van der Waals surface area contributed by atoms with Gasteiger partial charge in [0.15, 0.2) is 11.9 Å². The molecule has 3 rings (SSSR count). The van der Waals surface area contributed by atoms with Gasteiger partial charge >= 0.3 is 5.97 Å². The van der Waals surface area contributed by atoms with Crippen molar-refractivity contribution < 1.29 is 23.9 Å². The van der Waals surface area contributed by atoms with E-state index in [1.165, 1.54) is 32.1 Å². The van der Waals surface area contributed by atoms with E-state index in [2.05, 4.69) is 10.3 Å². The van der Waals surface area contributed by atoms with Crippen molar-refractivity contribution in [2.24, 2.45) is 0 Å². The Hall–Kier alpha value is -2.74. The van der Waals surface area contributed by atoms with Gasteiger partial charge in [-0.05, 0) is 64.5 Å². The molecular weight excluding hydrogens is 404 g/mol. The zero-order valence-electron chi connectivity index (χ0n) is 17.9. The molecule has 160 valence electrons. The molecule has 30 heavy (non-hydrogen) atoms. The third-order valence-corrected chi connectivity index (χ3v) is 6.56. The van der Waals surface area contributed by atoms with Gasteiger partial charge < -0.3 is 15.0 Å². The summed E-state index contributed by atoms with van der Waals surface area (Å²) >= 11 is 1.40. The maximum absolute atomic E-state index is 13.0. The number of Topliss-reactive ketones (excluding diaryl/α,β-unsaturated/α-hetero) is 2. The Kier molecular flexibility index (Phi) is 6.26. The summed E-state index contributed by atoms with van der Waals surface area (Å²) in [6.07, 6.45) is 2.57. The molecule has 0 saturated heterocycles. The summed E-state index contributed by atoms with van der Waals surface area (Å²) in [7, 11) is 0. The molecule has 1 amide bonds. The van der Waals surface area contributed by atoms with Crippen LogP contribution in [0, 0.1) is 13.8 Å². The first-order valence-corrected chi connectivity index (χ1v) is 10.8. The number of aromatic nitrogens is 1. The zero-order chi connectivity index (χ0) is 22.2. The smallest absolute Gasteiger partial charge is 0.342 e. The van der Waals surface area contributed by atoms with Gasteiger partial charge in [-0.2, -0.15) is 0 Å². The van der Waals surface area contributed by atoms with Crippen LogP contribution in [-0.4, -0.2) is 34.5 Å². The molecule has 1 atom stereocenters. The Morgan fingerprint density at radius 1 is 1.07 bits per heavy atom. The molecule has 0 radical (unpaired) electrons. The van der Waals surface area contributed by atoms with Crippen LogP contribution < -0.4 is 5.32 Å². The molecule has 0 bridgehead atoms. The number of aromatic amines is 1. The lowest BCUT2D eigenvalue weighted by atomic mass is 9.95. The lowest BCUT2D eigenvalue weighted by Gasteiger charge is -2.15. The average molecular weight is 431 g/mol. The molecule has 2 aromatic heterocycles. The topological polar surface area (TPSA) is 105 Å². The summed E-state index contributed by atoms with van der Waals surface area (Å²) in [6.45, 7) is 7.79. The molecule has 2 heterocycles. The highest BCUT2D eigenvalue weighted by Crippen LogP contribution is 2.38. The number of hydrogen-bond acceptors (Lipinski definition) is 6. The van der Waals surface area contributed by atoms with E-state index in [0.717, 1.165) is 36.1 Å². The van der Waals surface area contributed by atoms with Gasteiger partial charge in [-0.1, -0.05) is 0 Å². The number of anilines is 1. The number of ether oxygens (including phenoxy) is 1. The third kappa shape index (κ3) is 4.09. The average Bonchev–Trinajstić information content (AvgIpc) is 3.16. The highest BCUT2D eigenvalue weighted by molar-refractivity contribution is 7.17. The fourth-order valence-electron chi connectivity index (χ4n) is 4.03. The number of ketones is 2. The van der Waals surface area contributed by atoms with E-state index < -0.39 is 17.9 Å². The zero-order valence-corrected chi connectivity index (χ0v) is 18.7. The van der Waals surface area contributed by atoms with E-state index in [1.54, 1.807) is 13.8 Å². The molecule has 0 aliphatic heterocycles. The first-order valence-electron chi connectivity index (χ1n) is 9.99. The van der Waals surface area contributed by atoms with Crippen molar-refractivity contribution in [1.82, 2.24) is 4.98 Å². The Bertz CT molecular complexity index is 1050. The van der Waals surface area contributed by atoms with E-state index in [-0.39, 0.29) is 17.4 Å². The Balaban J connectivity index is 1.87.